The maximum atomic E-state index is 13.8. The molecule has 1 unspecified atom stereocenters. The minimum absolute atomic E-state index is 0.155. The van der Waals surface area contributed by atoms with Crippen molar-refractivity contribution >= 4 is 33.4 Å². The molecule has 180 valence electrons. The first-order chi connectivity index (χ1) is 17.6. The van der Waals surface area contributed by atoms with Gasteiger partial charge >= 0.3 is 6.03 Å². The van der Waals surface area contributed by atoms with Crippen molar-refractivity contribution in [2.75, 3.05) is 11.9 Å². The maximum Gasteiger partial charge on any atom is 0.322 e. The Morgan fingerprint density at radius 1 is 0.917 bits per heavy atom. The highest BCUT2D eigenvalue weighted by Crippen LogP contribution is 2.26. The van der Waals surface area contributed by atoms with Gasteiger partial charge in [0.2, 0.25) is 0 Å². The van der Waals surface area contributed by atoms with Gasteiger partial charge < -0.3 is 10.2 Å². The summed E-state index contributed by atoms with van der Waals surface area (Å²) in [5.41, 5.74) is 1.90. The van der Waals surface area contributed by atoms with Crippen molar-refractivity contribution < 1.29 is 4.79 Å². The number of fused-ring (bicyclic) bond motifs is 2. The molecule has 0 fully saturated rings. The lowest BCUT2D eigenvalue weighted by atomic mass is 10.1. The van der Waals surface area contributed by atoms with E-state index in [1.807, 2.05) is 105 Å². The quantitative estimate of drug-likeness (QED) is 0.302. The highest BCUT2D eigenvalue weighted by atomic mass is 16.2. The van der Waals surface area contributed by atoms with Crippen LogP contribution in [0, 0.1) is 0 Å². The molecule has 1 N–H and O–H groups in total. The largest absolute Gasteiger partial charge is 0.322 e. The Morgan fingerprint density at radius 3 is 2.39 bits per heavy atom. The van der Waals surface area contributed by atoms with Gasteiger partial charge in [-0.15, -0.1) is 0 Å². The number of hydrogen-bond donors (Lipinski definition) is 1. The van der Waals surface area contributed by atoms with Crippen molar-refractivity contribution in [3.8, 4) is 5.69 Å². The molecule has 1 aromatic heterocycles. The third kappa shape index (κ3) is 4.45. The van der Waals surface area contributed by atoms with Gasteiger partial charge in [0.05, 0.1) is 22.6 Å². The SMILES string of the molecule is CCCN(C(=O)Nc1ccccc1)C(C)c1nc2ccccc2c(=O)n1-c1ccc2ccccc2c1. The Balaban J connectivity index is 1.66. The van der Waals surface area contributed by atoms with Gasteiger partial charge in [0, 0.05) is 12.2 Å². The lowest BCUT2D eigenvalue weighted by Gasteiger charge is -2.30. The van der Waals surface area contributed by atoms with Crippen LogP contribution in [0.4, 0.5) is 10.5 Å². The third-order valence-corrected chi connectivity index (χ3v) is 6.38. The number of nitrogens with one attached hydrogen (secondary N) is 1. The van der Waals surface area contributed by atoms with Gasteiger partial charge in [-0.1, -0.05) is 67.6 Å². The molecule has 6 nitrogen and oxygen atoms in total. The summed E-state index contributed by atoms with van der Waals surface area (Å²) in [7, 11) is 0. The standard InChI is InChI=1S/C30H28N4O2/c1-3-19-33(30(36)31-24-13-5-4-6-14-24)21(2)28-32-27-16-10-9-15-26(27)29(35)34(28)25-18-17-22-11-7-8-12-23(22)20-25/h4-18,20-21H,3,19H2,1-2H3,(H,31,36). The van der Waals surface area contributed by atoms with Crippen LogP contribution in [0.2, 0.25) is 0 Å². The zero-order valence-corrected chi connectivity index (χ0v) is 20.4. The number of hydrogen-bond acceptors (Lipinski definition) is 3. The summed E-state index contributed by atoms with van der Waals surface area (Å²) >= 11 is 0. The molecule has 36 heavy (non-hydrogen) atoms. The van der Waals surface area contributed by atoms with E-state index in [4.69, 9.17) is 4.98 Å². The fraction of sp³-hybridized carbons (Fsp3) is 0.167. The minimum Gasteiger partial charge on any atom is -0.315 e. The number of nitrogens with zero attached hydrogens (tertiary/aromatic N) is 3. The summed E-state index contributed by atoms with van der Waals surface area (Å²) in [6.45, 7) is 4.47. The second-order valence-corrected chi connectivity index (χ2v) is 8.82. The fourth-order valence-corrected chi connectivity index (χ4v) is 4.56. The number of benzene rings is 4. The monoisotopic (exact) mass is 476 g/mol. The molecule has 0 bridgehead atoms. The average Bonchev–Trinajstić information content (AvgIpc) is 2.91. The predicted molar refractivity (Wildman–Crippen MR) is 146 cm³/mol. The van der Waals surface area contributed by atoms with E-state index in [0.29, 0.717) is 29.0 Å². The summed E-state index contributed by atoms with van der Waals surface area (Å²) in [6, 6.07) is 30.0. The van der Waals surface area contributed by atoms with Crippen molar-refractivity contribution in [3.63, 3.8) is 0 Å². The highest BCUT2D eigenvalue weighted by Gasteiger charge is 2.26. The molecule has 0 saturated heterocycles. The van der Waals surface area contributed by atoms with Gasteiger partial charge in [-0.25, -0.2) is 9.78 Å². The number of rotatable bonds is 6. The number of anilines is 1. The van der Waals surface area contributed by atoms with Crippen LogP contribution in [0.5, 0.6) is 0 Å². The Kier molecular flexibility index (Phi) is 6.50. The molecule has 1 atom stereocenters. The number of amides is 2. The molecule has 0 aliphatic heterocycles. The molecule has 5 aromatic rings. The third-order valence-electron chi connectivity index (χ3n) is 6.38. The summed E-state index contributed by atoms with van der Waals surface area (Å²) in [4.78, 5) is 33.9. The summed E-state index contributed by atoms with van der Waals surface area (Å²) in [5, 5.41) is 5.64. The minimum atomic E-state index is -0.461. The molecule has 2 amide bonds. The molecule has 0 spiro atoms. The maximum absolute atomic E-state index is 13.8. The Labute approximate surface area is 209 Å². The van der Waals surface area contributed by atoms with Gasteiger partial charge in [0.15, 0.2) is 0 Å². The van der Waals surface area contributed by atoms with Crippen molar-refractivity contribution in [2.24, 2.45) is 0 Å². The van der Waals surface area contributed by atoms with Crippen LogP contribution in [0.1, 0.15) is 32.1 Å². The first kappa shape index (κ1) is 23.3. The first-order valence-electron chi connectivity index (χ1n) is 12.2. The van der Waals surface area contributed by atoms with Gasteiger partial charge in [-0.2, -0.15) is 0 Å². The number of carbonyl (C=O) groups is 1. The fourth-order valence-electron chi connectivity index (χ4n) is 4.56. The van der Waals surface area contributed by atoms with Crippen molar-refractivity contribution in [3.05, 3.63) is 113 Å². The molecule has 1 heterocycles. The zero-order chi connectivity index (χ0) is 25.1. The van der Waals surface area contributed by atoms with E-state index >= 15 is 0 Å². The normalized spacial score (nSPS) is 11.9. The second kappa shape index (κ2) is 10.0. The van der Waals surface area contributed by atoms with E-state index in [0.717, 1.165) is 22.9 Å². The summed E-state index contributed by atoms with van der Waals surface area (Å²) in [5.74, 6) is 0.519. The van der Waals surface area contributed by atoms with Crippen LogP contribution in [-0.2, 0) is 0 Å². The predicted octanol–water partition coefficient (Wildman–Crippen LogP) is 6.54. The van der Waals surface area contributed by atoms with Crippen molar-refractivity contribution in [1.82, 2.24) is 14.5 Å². The van der Waals surface area contributed by atoms with E-state index in [1.165, 1.54) is 0 Å². The Morgan fingerprint density at radius 2 is 1.61 bits per heavy atom. The van der Waals surface area contributed by atoms with E-state index in [-0.39, 0.29) is 11.6 Å². The second-order valence-electron chi connectivity index (χ2n) is 8.82. The van der Waals surface area contributed by atoms with Crippen LogP contribution in [0.25, 0.3) is 27.4 Å². The van der Waals surface area contributed by atoms with Gasteiger partial charge in [-0.3, -0.25) is 9.36 Å². The molecular weight excluding hydrogens is 448 g/mol. The van der Waals surface area contributed by atoms with E-state index in [9.17, 15) is 9.59 Å². The molecule has 4 aromatic carbocycles. The van der Waals surface area contributed by atoms with Gasteiger partial charge in [0.1, 0.15) is 5.82 Å². The van der Waals surface area contributed by atoms with Crippen LogP contribution in [0.3, 0.4) is 0 Å². The van der Waals surface area contributed by atoms with Crippen LogP contribution < -0.4 is 10.9 Å². The summed E-state index contributed by atoms with van der Waals surface area (Å²) in [6.07, 6.45) is 0.764. The van der Waals surface area contributed by atoms with Crippen LogP contribution in [-0.4, -0.2) is 27.0 Å². The van der Waals surface area contributed by atoms with E-state index < -0.39 is 6.04 Å². The zero-order valence-electron chi connectivity index (χ0n) is 20.4. The number of aromatic nitrogens is 2. The average molecular weight is 477 g/mol. The number of para-hydroxylation sites is 2. The molecule has 5 rings (SSSR count). The molecular formula is C30H28N4O2. The Bertz CT molecular complexity index is 1590. The van der Waals surface area contributed by atoms with Gasteiger partial charge in [-0.05, 0) is 60.5 Å². The smallest absolute Gasteiger partial charge is 0.315 e. The molecule has 0 saturated carbocycles. The van der Waals surface area contributed by atoms with E-state index in [2.05, 4.69) is 5.32 Å². The van der Waals surface area contributed by atoms with Crippen LogP contribution in [0.15, 0.2) is 102 Å². The Hall–Kier alpha value is -4.45. The first-order valence-corrected chi connectivity index (χ1v) is 12.2. The van der Waals surface area contributed by atoms with Crippen molar-refractivity contribution in [2.45, 2.75) is 26.3 Å². The lowest BCUT2D eigenvalue weighted by Crippen LogP contribution is -2.40. The van der Waals surface area contributed by atoms with Gasteiger partial charge in [0.25, 0.3) is 5.56 Å². The molecule has 6 heteroatoms. The number of carbonyl (C=O) groups excluding carboxylic acids is 1. The topological polar surface area (TPSA) is 67.2 Å². The number of urea groups is 1. The molecule has 0 aliphatic carbocycles. The van der Waals surface area contributed by atoms with Crippen molar-refractivity contribution in [1.29, 1.82) is 0 Å². The molecule has 0 radical (unpaired) electrons. The molecule has 0 aliphatic rings. The van der Waals surface area contributed by atoms with Crippen LogP contribution >= 0.6 is 0 Å². The highest BCUT2D eigenvalue weighted by molar-refractivity contribution is 5.89. The lowest BCUT2D eigenvalue weighted by molar-refractivity contribution is 0.189. The summed E-state index contributed by atoms with van der Waals surface area (Å²) < 4.78 is 1.65. The van der Waals surface area contributed by atoms with E-state index in [1.54, 1.807) is 15.5 Å².